The molecule has 0 amide bonds. The molecule has 0 saturated carbocycles. The minimum Gasteiger partial charge on any atom is -0.478 e. The molecule has 0 aliphatic carbocycles. The van der Waals surface area contributed by atoms with E-state index in [1.807, 2.05) is 33.9 Å². The Morgan fingerprint density at radius 1 is 1.45 bits per heavy atom. The number of alkyl halides is 2. The average molecular weight is 357 g/mol. The number of hydrogen-bond acceptors (Lipinski definition) is 4. The maximum atomic E-state index is 14.6. The van der Waals surface area contributed by atoms with Crippen molar-refractivity contribution in [2.45, 2.75) is 75.9 Å². The van der Waals surface area contributed by atoms with E-state index >= 15 is 0 Å². The smallest absolute Gasteiger partial charge is 0.360 e. The second-order valence-corrected chi connectivity index (χ2v) is 12.9. The Kier molecular flexibility index (Phi) is 5.42. The lowest BCUT2D eigenvalue weighted by Crippen LogP contribution is -2.56. The van der Waals surface area contributed by atoms with Crippen LogP contribution in [0.25, 0.3) is 0 Å². The summed E-state index contributed by atoms with van der Waals surface area (Å²) in [5.41, 5.74) is 0. The Hall–Kier alpha value is -0.213. The molecule has 0 unspecified atom stereocenters. The van der Waals surface area contributed by atoms with Crippen molar-refractivity contribution >= 4 is 25.9 Å². The van der Waals surface area contributed by atoms with E-state index in [1.165, 1.54) is 0 Å². The van der Waals surface area contributed by atoms with Crippen molar-refractivity contribution in [2.75, 3.05) is 6.61 Å². The van der Waals surface area contributed by atoms with Crippen LogP contribution in [0.2, 0.25) is 18.1 Å². The van der Waals surface area contributed by atoms with Crippen LogP contribution in [0, 0.1) is 0 Å². The van der Waals surface area contributed by atoms with Gasteiger partial charge in [-0.3, -0.25) is 0 Å². The van der Waals surface area contributed by atoms with Gasteiger partial charge in [0.1, 0.15) is 12.2 Å². The molecular formula is C14H26ClFO5Si. The highest BCUT2D eigenvalue weighted by Crippen LogP contribution is 2.42. The summed E-state index contributed by atoms with van der Waals surface area (Å²) in [4.78, 5) is 11.2. The molecule has 0 bridgehead atoms. The second kappa shape index (κ2) is 6.01. The largest absolute Gasteiger partial charge is 0.478 e. The fourth-order valence-electron chi connectivity index (χ4n) is 1.86. The molecule has 1 N–H and O–H groups in total. The quantitative estimate of drug-likeness (QED) is 0.603. The highest BCUT2D eigenvalue weighted by molar-refractivity contribution is 6.74. The molecule has 1 aliphatic heterocycles. The van der Waals surface area contributed by atoms with Gasteiger partial charge in [-0.15, -0.1) is 0 Å². The number of halogens is 2. The van der Waals surface area contributed by atoms with Crippen LogP contribution in [-0.4, -0.2) is 49.1 Å². The fourth-order valence-corrected chi connectivity index (χ4v) is 3.43. The summed E-state index contributed by atoms with van der Waals surface area (Å²) in [6.07, 6.45) is -2.34. The molecule has 22 heavy (non-hydrogen) atoms. The first-order chi connectivity index (χ1) is 9.60. The number of carboxylic acid groups (broad SMARTS) is 1. The number of ether oxygens (including phenoxy) is 2. The van der Waals surface area contributed by atoms with Crippen LogP contribution in [0.5, 0.6) is 0 Å². The van der Waals surface area contributed by atoms with E-state index in [9.17, 15) is 9.18 Å². The van der Waals surface area contributed by atoms with Crippen molar-refractivity contribution in [2.24, 2.45) is 0 Å². The van der Waals surface area contributed by atoms with Crippen LogP contribution >= 0.6 is 11.6 Å². The summed E-state index contributed by atoms with van der Waals surface area (Å²) in [5.74, 6) is -2.71. The third-order valence-electron chi connectivity index (χ3n) is 4.24. The molecule has 1 heterocycles. The molecule has 0 radical (unpaired) electrons. The van der Waals surface area contributed by atoms with Crippen LogP contribution in [0.15, 0.2) is 0 Å². The van der Waals surface area contributed by atoms with Gasteiger partial charge in [-0.25, -0.2) is 9.18 Å². The molecule has 1 fully saturated rings. The molecule has 0 aromatic rings. The van der Waals surface area contributed by atoms with E-state index in [0.717, 1.165) is 0 Å². The first-order valence-electron chi connectivity index (χ1n) is 7.21. The van der Waals surface area contributed by atoms with Gasteiger partial charge in [0, 0.05) is 0 Å². The molecule has 3 atom stereocenters. The van der Waals surface area contributed by atoms with Crippen LogP contribution in [0.3, 0.4) is 0 Å². The third kappa shape index (κ3) is 4.20. The zero-order valence-electron chi connectivity index (χ0n) is 14.2. The molecule has 0 spiro atoms. The molecule has 5 nitrogen and oxygen atoms in total. The van der Waals surface area contributed by atoms with Crippen molar-refractivity contribution in [3.63, 3.8) is 0 Å². The lowest BCUT2D eigenvalue weighted by molar-refractivity contribution is -0.169. The van der Waals surface area contributed by atoms with Crippen molar-refractivity contribution in [1.29, 1.82) is 0 Å². The van der Waals surface area contributed by atoms with Gasteiger partial charge in [0.25, 0.3) is 0 Å². The Morgan fingerprint density at radius 3 is 2.27 bits per heavy atom. The minimum atomic E-state index is -3.08. The van der Waals surface area contributed by atoms with Crippen molar-refractivity contribution in [1.82, 2.24) is 0 Å². The number of hydrogen-bond donors (Lipinski definition) is 1. The van der Waals surface area contributed by atoms with Gasteiger partial charge in [0.2, 0.25) is 0 Å². The zero-order chi connectivity index (χ0) is 17.6. The van der Waals surface area contributed by atoms with Crippen molar-refractivity contribution in [3.05, 3.63) is 0 Å². The summed E-state index contributed by atoms with van der Waals surface area (Å²) in [7, 11) is -2.46. The second-order valence-electron chi connectivity index (χ2n) is 7.59. The molecule has 0 aromatic carbocycles. The van der Waals surface area contributed by atoms with Crippen LogP contribution in [0.1, 0.15) is 34.6 Å². The third-order valence-corrected chi connectivity index (χ3v) is 9.07. The molecular weight excluding hydrogens is 331 g/mol. The number of carboxylic acids is 1. The van der Waals surface area contributed by atoms with Crippen molar-refractivity contribution in [3.8, 4) is 0 Å². The lowest BCUT2D eigenvalue weighted by Gasteiger charge is -2.42. The van der Waals surface area contributed by atoms with Gasteiger partial charge in [0.15, 0.2) is 14.1 Å². The average Bonchev–Trinajstić information content (AvgIpc) is 2.64. The standard InChI is InChI=1S/C14H26ClFO5Si/c1-12(2,3)22(6,7)21-10(14(15,16)11(17)18)9-8-19-13(4,5)20-9/h9-10H,8H2,1-7H3,(H,17,18)/t9-,10-,14-/m1/s1. The molecule has 1 saturated heterocycles. The Labute approximate surface area is 137 Å². The Bertz CT molecular complexity index is 433. The van der Waals surface area contributed by atoms with Gasteiger partial charge in [-0.1, -0.05) is 32.4 Å². The number of rotatable bonds is 5. The molecule has 0 aromatic heterocycles. The van der Waals surface area contributed by atoms with Crippen LogP contribution in [-0.2, 0) is 18.7 Å². The molecule has 130 valence electrons. The van der Waals surface area contributed by atoms with Gasteiger partial charge in [-0.05, 0) is 32.0 Å². The maximum absolute atomic E-state index is 14.6. The highest BCUT2D eigenvalue weighted by Gasteiger charge is 2.56. The SMILES string of the molecule is CC1(C)OC[C@H]([C@@H](O[Si](C)(C)C(C)(C)C)[C@](F)(Cl)C(=O)O)O1. The van der Waals surface area contributed by atoms with Crippen molar-refractivity contribution < 1.29 is 28.2 Å². The van der Waals surface area contributed by atoms with E-state index in [2.05, 4.69) is 0 Å². The van der Waals surface area contributed by atoms with Gasteiger partial charge in [-0.2, -0.15) is 0 Å². The number of carbonyl (C=O) groups is 1. The topological polar surface area (TPSA) is 65.0 Å². The van der Waals surface area contributed by atoms with E-state index in [1.54, 1.807) is 13.8 Å². The molecule has 1 rings (SSSR count). The summed E-state index contributed by atoms with van der Waals surface area (Å²) in [6.45, 7) is 13.1. The first-order valence-corrected chi connectivity index (χ1v) is 10.5. The van der Waals surface area contributed by atoms with Gasteiger partial charge >= 0.3 is 11.1 Å². The first kappa shape index (κ1) is 19.8. The summed E-state index contributed by atoms with van der Waals surface area (Å²) < 4.78 is 31.6. The summed E-state index contributed by atoms with van der Waals surface area (Å²) in [5, 5.41) is 5.82. The maximum Gasteiger partial charge on any atom is 0.360 e. The molecule has 1 aliphatic rings. The molecule has 8 heteroatoms. The normalized spacial score (nSPS) is 26.5. The minimum absolute atomic E-state index is 0.0258. The Morgan fingerprint density at radius 2 is 1.95 bits per heavy atom. The van der Waals surface area contributed by atoms with Crippen LogP contribution < -0.4 is 0 Å². The van der Waals surface area contributed by atoms with Crippen LogP contribution in [0.4, 0.5) is 4.39 Å². The number of aliphatic carboxylic acids is 1. The predicted molar refractivity (Wildman–Crippen MR) is 84.3 cm³/mol. The van der Waals surface area contributed by atoms with Gasteiger partial charge < -0.3 is 19.0 Å². The van der Waals surface area contributed by atoms with E-state index in [0.29, 0.717) is 0 Å². The van der Waals surface area contributed by atoms with E-state index in [4.69, 9.17) is 30.6 Å². The van der Waals surface area contributed by atoms with Gasteiger partial charge in [0.05, 0.1) is 6.61 Å². The van der Waals surface area contributed by atoms with E-state index < -0.39 is 37.4 Å². The Balaban J connectivity index is 3.12. The highest BCUT2D eigenvalue weighted by atomic mass is 35.5. The lowest BCUT2D eigenvalue weighted by atomic mass is 10.1. The predicted octanol–water partition coefficient (Wildman–Crippen LogP) is 3.52. The summed E-state index contributed by atoms with van der Waals surface area (Å²) in [6, 6.07) is 0. The van der Waals surface area contributed by atoms with E-state index in [-0.39, 0.29) is 11.6 Å². The summed E-state index contributed by atoms with van der Waals surface area (Å²) >= 11 is 5.66. The zero-order valence-corrected chi connectivity index (χ0v) is 16.0. The monoisotopic (exact) mass is 356 g/mol. The fraction of sp³-hybridized carbons (Fsp3) is 0.929.